The second-order valence-electron chi connectivity index (χ2n) is 2.24. The first-order valence-electron chi connectivity index (χ1n) is 3.71. The third-order valence-corrected chi connectivity index (χ3v) is 1.57. The van der Waals surface area contributed by atoms with E-state index in [1.54, 1.807) is 0 Å². The minimum Gasteiger partial charge on any atom is -0.370 e. The molecule has 2 N–H and O–H groups in total. The summed E-state index contributed by atoms with van der Waals surface area (Å²) in [5.41, 5.74) is 4.98. The van der Waals surface area contributed by atoms with Crippen molar-refractivity contribution in [2.45, 2.75) is 20.3 Å². The lowest BCUT2D eigenvalue weighted by Crippen LogP contribution is -2.27. The molecule has 0 spiro atoms. The van der Waals surface area contributed by atoms with E-state index in [1.165, 1.54) is 0 Å². The Hall–Kier alpha value is -0.570. The molecule has 1 amide bonds. The highest BCUT2D eigenvalue weighted by atomic mass is 16.1. The zero-order valence-corrected chi connectivity index (χ0v) is 6.76. The number of primary amides is 1. The van der Waals surface area contributed by atoms with Gasteiger partial charge in [-0.25, -0.2) is 0 Å². The van der Waals surface area contributed by atoms with Crippen LogP contribution in [0.2, 0.25) is 0 Å². The molecule has 0 aliphatic heterocycles. The topological polar surface area (TPSA) is 46.3 Å². The van der Waals surface area contributed by atoms with E-state index in [0.717, 1.165) is 19.6 Å². The molecule has 3 heteroatoms. The van der Waals surface area contributed by atoms with Gasteiger partial charge in [-0.1, -0.05) is 13.8 Å². The summed E-state index contributed by atoms with van der Waals surface area (Å²) in [5.74, 6) is -0.216. The number of amides is 1. The predicted octanol–water partition coefficient (Wildman–Crippen LogP) is 0.204. The van der Waals surface area contributed by atoms with Crippen molar-refractivity contribution in [1.82, 2.24) is 4.90 Å². The van der Waals surface area contributed by atoms with Crippen LogP contribution in [0.1, 0.15) is 20.3 Å². The van der Waals surface area contributed by atoms with Gasteiger partial charge in [0.1, 0.15) is 0 Å². The summed E-state index contributed by atoms with van der Waals surface area (Å²) >= 11 is 0. The van der Waals surface area contributed by atoms with Crippen molar-refractivity contribution in [3.63, 3.8) is 0 Å². The second kappa shape index (κ2) is 5.23. The van der Waals surface area contributed by atoms with Crippen LogP contribution in [0.15, 0.2) is 0 Å². The Morgan fingerprint density at radius 1 is 1.40 bits per heavy atom. The maximum atomic E-state index is 10.3. The number of hydrogen-bond donors (Lipinski definition) is 1. The van der Waals surface area contributed by atoms with Crippen LogP contribution in [0.3, 0.4) is 0 Å². The molecule has 3 nitrogen and oxygen atoms in total. The summed E-state index contributed by atoms with van der Waals surface area (Å²) in [6.45, 7) is 6.92. The van der Waals surface area contributed by atoms with Crippen LogP contribution in [0, 0.1) is 0 Å². The maximum absolute atomic E-state index is 10.3. The average Bonchev–Trinajstić information content (AvgIpc) is 1.90. The van der Waals surface area contributed by atoms with E-state index in [9.17, 15) is 4.79 Å². The zero-order chi connectivity index (χ0) is 7.98. The molecular formula is C7H16N2O. The van der Waals surface area contributed by atoms with Crippen LogP contribution in [-0.2, 0) is 4.79 Å². The Morgan fingerprint density at radius 3 is 2.20 bits per heavy atom. The lowest BCUT2D eigenvalue weighted by molar-refractivity contribution is -0.118. The quantitative estimate of drug-likeness (QED) is 0.599. The Bertz CT molecular complexity index is 99.8. The lowest BCUT2D eigenvalue weighted by Gasteiger charge is -2.15. The average molecular weight is 144 g/mol. The first-order chi connectivity index (χ1) is 4.70. The first-order valence-corrected chi connectivity index (χ1v) is 3.71. The standard InChI is InChI=1S/C7H16N2O/c1-3-9(4-2)6-5-7(8)10/h3-6H2,1-2H3,(H2,8,10). The minimum absolute atomic E-state index is 0.216. The van der Waals surface area contributed by atoms with Crippen LogP contribution in [0.5, 0.6) is 0 Å². The van der Waals surface area contributed by atoms with Gasteiger partial charge in [-0.15, -0.1) is 0 Å². The second-order valence-corrected chi connectivity index (χ2v) is 2.24. The Balaban J connectivity index is 3.34. The predicted molar refractivity (Wildman–Crippen MR) is 41.6 cm³/mol. The third kappa shape index (κ3) is 4.32. The lowest BCUT2D eigenvalue weighted by atomic mass is 10.3. The summed E-state index contributed by atoms with van der Waals surface area (Å²) in [6, 6.07) is 0. The van der Waals surface area contributed by atoms with Crippen molar-refractivity contribution in [1.29, 1.82) is 0 Å². The van der Waals surface area contributed by atoms with Crippen LogP contribution in [0.25, 0.3) is 0 Å². The smallest absolute Gasteiger partial charge is 0.218 e. The highest BCUT2D eigenvalue weighted by Gasteiger charge is 1.99. The summed E-state index contributed by atoms with van der Waals surface area (Å²) in [7, 11) is 0. The van der Waals surface area contributed by atoms with Gasteiger partial charge in [-0.2, -0.15) is 0 Å². The van der Waals surface area contributed by atoms with Crippen LogP contribution < -0.4 is 5.73 Å². The molecule has 0 radical (unpaired) electrons. The fourth-order valence-electron chi connectivity index (χ4n) is 0.808. The summed E-state index contributed by atoms with van der Waals surface area (Å²) in [5, 5.41) is 0. The summed E-state index contributed by atoms with van der Waals surface area (Å²) < 4.78 is 0. The van der Waals surface area contributed by atoms with Crippen LogP contribution in [0.4, 0.5) is 0 Å². The van der Waals surface area contributed by atoms with Gasteiger partial charge in [0.15, 0.2) is 0 Å². The first kappa shape index (κ1) is 9.43. The normalized spacial score (nSPS) is 10.3. The third-order valence-electron chi connectivity index (χ3n) is 1.57. The molecule has 0 saturated carbocycles. The Morgan fingerprint density at radius 2 is 1.90 bits per heavy atom. The van der Waals surface area contributed by atoms with Gasteiger partial charge in [0.05, 0.1) is 0 Å². The Labute approximate surface area is 62.2 Å². The minimum atomic E-state index is -0.216. The molecule has 0 rings (SSSR count). The number of carbonyl (C=O) groups excluding carboxylic acids is 1. The Kier molecular flexibility index (Phi) is 4.94. The van der Waals surface area contributed by atoms with Crippen molar-refractivity contribution in [2.24, 2.45) is 5.73 Å². The van der Waals surface area contributed by atoms with Gasteiger partial charge in [0.2, 0.25) is 5.91 Å². The molecule has 60 valence electrons. The molecule has 0 aliphatic rings. The fraction of sp³-hybridized carbons (Fsp3) is 0.857. The monoisotopic (exact) mass is 144 g/mol. The summed E-state index contributed by atoms with van der Waals surface area (Å²) in [4.78, 5) is 12.5. The van der Waals surface area contributed by atoms with Gasteiger partial charge >= 0.3 is 0 Å². The number of carbonyl (C=O) groups is 1. The number of nitrogens with zero attached hydrogens (tertiary/aromatic N) is 1. The van der Waals surface area contributed by atoms with Gasteiger partial charge in [-0.3, -0.25) is 4.79 Å². The molecule has 0 aromatic heterocycles. The molecule has 0 atom stereocenters. The number of hydrogen-bond acceptors (Lipinski definition) is 2. The molecule has 0 aromatic rings. The van der Waals surface area contributed by atoms with Gasteiger partial charge in [0, 0.05) is 13.0 Å². The van der Waals surface area contributed by atoms with Gasteiger partial charge < -0.3 is 10.6 Å². The molecule has 0 aromatic carbocycles. The van der Waals surface area contributed by atoms with E-state index in [2.05, 4.69) is 18.7 Å². The molecule has 0 heterocycles. The van der Waals surface area contributed by atoms with Crippen molar-refractivity contribution < 1.29 is 4.79 Å². The van der Waals surface area contributed by atoms with Crippen molar-refractivity contribution in [3.05, 3.63) is 0 Å². The van der Waals surface area contributed by atoms with E-state index in [1.807, 2.05) is 0 Å². The van der Waals surface area contributed by atoms with Gasteiger partial charge in [-0.05, 0) is 13.1 Å². The molecule has 0 aliphatic carbocycles. The van der Waals surface area contributed by atoms with Crippen molar-refractivity contribution in [3.8, 4) is 0 Å². The largest absolute Gasteiger partial charge is 0.370 e. The van der Waals surface area contributed by atoms with Gasteiger partial charge in [0.25, 0.3) is 0 Å². The molecule has 0 unspecified atom stereocenters. The molecule has 0 bridgehead atoms. The number of nitrogens with two attached hydrogens (primary N) is 1. The maximum Gasteiger partial charge on any atom is 0.218 e. The van der Waals surface area contributed by atoms with E-state index in [-0.39, 0.29) is 5.91 Å². The van der Waals surface area contributed by atoms with E-state index >= 15 is 0 Å². The molecular weight excluding hydrogens is 128 g/mol. The number of rotatable bonds is 5. The van der Waals surface area contributed by atoms with Crippen LogP contribution in [-0.4, -0.2) is 30.4 Å². The van der Waals surface area contributed by atoms with Crippen molar-refractivity contribution >= 4 is 5.91 Å². The zero-order valence-electron chi connectivity index (χ0n) is 6.76. The molecule has 10 heavy (non-hydrogen) atoms. The summed E-state index contributed by atoms with van der Waals surface area (Å²) in [6.07, 6.45) is 0.474. The van der Waals surface area contributed by atoms with E-state index in [0.29, 0.717) is 6.42 Å². The SMILES string of the molecule is CCN(CC)CCC(N)=O. The van der Waals surface area contributed by atoms with Crippen LogP contribution >= 0.6 is 0 Å². The van der Waals surface area contributed by atoms with E-state index < -0.39 is 0 Å². The van der Waals surface area contributed by atoms with E-state index in [4.69, 9.17) is 5.73 Å². The molecule has 0 fully saturated rings. The highest BCUT2D eigenvalue weighted by molar-refractivity contribution is 5.73. The molecule has 0 saturated heterocycles. The highest BCUT2D eigenvalue weighted by Crippen LogP contribution is 1.88. The van der Waals surface area contributed by atoms with Crippen molar-refractivity contribution in [2.75, 3.05) is 19.6 Å². The fourth-order valence-corrected chi connectivity index (χ4v) is 0.808.